The first-order chi connectivity index (χ1) is 7.74. The van der Waals surface area contributed by atoms with Gasteiger partial charge in [-0.3, -0.25) is 0 Å². The van der Waals surface area contributed by atoms with Crippen LogP contribution in [0.2, 0.25) is 0 Å². The number of rotatable bonds is 3. The fourth-order valence-corrected chi connectivity index (χ4v) is 1.67. The maximum Gasteiger partial charge on any atom is 0.174 e. The van der Waals surface area contributed by atoms with Gasteiger partial charge in [0.2, 0.25) is 0 Å². The number of benzene rings is 1. The fraction of sp³-hybridized carbons (Fsp3) is 0.308. The molecule has 3 nitrogen and oxygen atoms in total. The van der Waals surface area contributed by atoms with Crippen molar-refractivity contribution in [3.8, 4) is 11.8 Å². The van der Waals surface area contributed by atoms with E-state index in [9.17, 15) is 0 Å². The van der Waals surface area contributed by atoms with Crippen molar-refractivity contribution in [1.82, 2.24) is 0 Å². The highest BCUT2D eigenvalue weighted by molar-refractivity contribution is 5.85. The Morgan fingerprint density at radius 2 is 2.12 bits per heavy atom. The van der Waals surface area contributed by atoms with Crippen LogP contribution in [0, 0.1) is 11.3 Å². The topological polar surface area (TPSA) is 46.2 Å². The highest BCUT2D eigenvalue weighted by Crippen LogP contribution is 2.37. The van der Waals surface area contributed by atoms with Crippen molar-refractivity contribution in [2.24, 2.45) is 0 Å². The molecule has 0 amide bonds. The van der Waals surface area contributed by atoms with Gasteiger partial charge in [0.15, 0.2) is 12.4 Å². The van der Waals surface area contributed by atoms with Crippen LogP contribution in [0.15, 0.2) is 28.7 Å². The van der Waals surface area contributed by atoms with Crippen molar-refractivity contribution in [2.45, 2.75) is 19.8 Å². The van der Waals surface area contributed by atoms with Crippen LogP contribution in [0.4, 0.5) is 0 Å². The summed E-state index contributed by atoms with van der Waals surface area (Å²) in [6, 6.07) is 9.67. The molecule has 0 spiro atoms. The molecule has 0 aliphatic rings. The molecule has 0 aliphatic carbocycles. The van der Waals surface area contributed by atoms with Crippen LogP contribution in [0.3, 0.4) is 0 Å². The van der Waals surface area contributed by atoms with E-state index < -0.39 is 0 Å². The summed E-state index contributed by atoms with van der Waals surface area (Å²) in [5, 5.41) is 9.49. The highest BCUT2D eigenvalue weighted by atomic mass is 16.5. The molecule has 0 saturated carbocycles. The van der Waals surface area contributed by atoms with Crippen molar-refractivity contribution >= 4 is 11.0 Å². The molecule has 0 atom stereocenters. The lowest BCUT2D eigenvalue weighted by atomic mass is 10.1. The van der Waals surface area contributed by atoms with E-state index in [0.717, 1.165) is 16.7 Å². The Kier molecular flexibility index (Phi) is 2.82. The lowest BCUT2D eigenvalue weighted by Crippen LogP contribution is -1.96. The summed E-state index contributed by atoms with van der Waals surface area (Å²) in [4.78, 5) is 0. The molecule has 1 aromatic carbocycles. The minimum atomic E-state index is 0.0449. The van der Waals surface area contributed by atoms with Crippen LogP contribution in [-0.4, -0.2) is 6.61 Å². The second kappa shape index (κ2) is 4.28. The summed E-state index contributed by atoms with van der Waals surface area (Å²) in [6.45, 7) is 4.12. The molecular formula is C13H13NO2. The molecule has 0 radical (unpaired) electrons. The van der Waals surface area contributed by atoms with Crippen LogP contribution in [0.1, 0.15) is 25.5 Å². The second-order valence-electron chi connectivity index (χ2n) is 3.89. The maximum atomic E-state index is 8.56. The van der Waals surface area contributed by atoms with Gasteiger partial charge in [0.05, 0.1) is 5.39 Å². The predicted molar refractivity (Wildman–Crippen MR) is 61.4 cm³/mol. The summed E-state index contributed by atoms with van der Waals surface area (Å²) in [5.41, 5.74) is 0.805. The molecule has 2 aromatic rings. The molecule has 3 heteroatoms. The van der Waals surface area contributed by atoms with E-state index in [1.54, 1.807) is 0 Å². The average molecular weight is 215 g/mol. The molecule has 16 heavy (non-hydrogen) atoms. The predicted octanol–water partition coefficient (Wildman–Crippen LogP) is 3.46. The fourth-order valence-electron chi connectivity index (χ4n) is 1.67. The lowest BCUT2D eigenvalue weighted by Gasteiger charge is -2.04. The summed E-state index contributed by atoms with van der Waals surface area (Å²) in [7, 11) is 0. The quantitative estimate of drug-likeness (QED) is 0.787. The lowest BCUT2D eigenvalue weighted by molar-refractivity contribution is 0.352. The Balaban J connectivity index is 2.56. The molecule has 0 saturated heterocycles. The largest absolute Gasteiger partial charge is 0.474 e. The van der Waals surface area contributed by atoms with Crippen LogP contribution >= 0.6 is 0 Å². The third kappa shape index (κ3) is 1.74. The number of para-hydroxylation sites is 1. The summed E-state index contributed by atoms with van der Waals surface area (Å²) < 4.78 is 11.2. The molecule has 0 unspecified atom stereocenters. The minimum absolute atomic E-state index is 0.0449. The van der Waals surface area contributed by atoms with Gasteiger partial charge in [-0.1, -0.05) is 26.0 Å². The Labute approximate surface area is 94.2 Å². The van der Waals surface area contributed by atoms with Crippen molar-refractivity contribution in [3.05, 3.63) is 30.0 Å². The maximum absolute atomic E-state index is 8.56. The van der Waals surface area contributed by atoms with E-state index in [-0.39, 0.29) is 12.5 Å². The van der Waals surface area contributed by atoms with Crippen molar-refractivity contribution in [3.63, 3.8) is 0 Å². The monoisotopic (exact) mass is 215 g/mol. The van der Waals surface area contributed by atoms with Gasteiger partial charge in [-0.25, -0.2) is 0 Å². The number of furan rings is 1. The van der Waals surface area contributed by atoms with Gasteiger partial charge < -0.3 is 9.15 Å². The third-order valence-corrected chi connectivity index (χ3v) is 2.38. The number of nitrogens with zero attached hydrogens (tertiary/aromatic N) is 1. The Morgan fingerprint density at radius 3 is 2.81 bits per heavy atom. The SMILES string of the molecule is CC(C)c1oc2ccccc2c1OCC#N. The Morgan fingerprint density at radius 1 is 1.38 bits per heavy atom. The van der Waals surface area contributed by atoms with Gasteiger partial charge in [0.1, 0.15) is 17.4 Å². The molecular weight excluding hydrogens is 202 g/mol. The van der Waals surface area contributed by atoms with Gasteiger partial charge in [-0.05, 0) is 12.1 Å². The van der Waals surface area contributed by atoms with E-state index >= 15 is 0 Å². The van der Waals surface area contributed by atoms with Crippen molar-refractivity contribution < 1.29 is 9.15 Å². The zero-order valence-electron chi connectivity index (χ0n) is 9.36. The van der Waals surface area contributed by atoms with Crippen LogP contribution in [0.5, 0.6) is 5.75 Å². The van der Waals surface area contributed by atoms with E-state index in [4.69, 9.17) is 14.4 Å². The molecule has 0 N–H and O–H groups in total. The third-order valence-electron chi connectivity index (χ3n) is 2.38. The van der Waals surface area contributed by atoms with Crippen LogP contribution in [-0.2, 0) is 0 Å². The van der Waals surface area contributed by atoms with Crippen LogP contribution < -0.4 is 4.74 Å². The minimum Gasteiger partial charge on any atom is -0.474 e. The van der Waals surface area contributed by atoms with Crippen LogP contribution in [0.25, 0.3) is 11.0 Å². The van der Waals surface area contributed by atoms with Crippen molar-refractivity contribution in [2.75, 3.05) is 6.61 Å². The molecule has 1 heterocycles. The van der Waals surface area contributed by atoms with Crippen molar-refractivity contribution in [1.29, 1.82) is 5.26 Å². The van der Waals surface area contributed by atoms with E-state index in [2.05, 4.69) is 0 Å². The first-order valence-electron chi connectivity index (χ1n) is 5.25. The first kappa shape index (κ1) is 10.6. The number of hydrogen-bond donors (Lipinski definition) is 0. The number of hydrogen-bond acceptors (Lipinski definition) is 3. The van der Waals surface area contributed by atoms with Gasteiger partial charge in [0.25, 0.3) is 0 Å². The zero-order chi connectivity index (χ0) is 11.5. The summed E-state index contributed by atoms with van der Waals surface area (Å²) in [5.74, 6) is 1.74. The number of ether oxygens (including phenoxy) is 1. The Bertz CT molecular complexity index is 534. The molecule has 2 rings (SSSR count). The molecule has 0 bridgehead atoms. The van der Waals surface area contributed by atoms with Gasteiger partial charge >= 0.3 is 0 Å². The van der Waals surface area contributed by atoms with Gasteiger partial charge in [-0.15, -0.1) is 0 Å². The van der Waals surface area contributed by atoms with Gasteiger partial charge in [-0.2, -0.15) is 5.26 Å². The second-order valence-corrected chi connectivity index (χ2v) is 3.89. The smallest absolute Gasteiger partial charge is 0.174 e. The van der Waals surface area contributed by atoms with E-state index in [1.165, 1.54) is 0 Å². The molecule has 0 aliphatic heterocycles. The highest BCUT2D eigenvalue weighted by Gasteiger charge is 2.17. The van der Waals surface area contributed by atoms with E-state index in [0.29, 0.717) is 5.75 Å². The van der Waals surface area contributed by atoms with Gasteiger partial charge in [0, 0.05) is 5.92 Å². The molecule has 82 valence electrons. The number of fused-ring (bicyclic) bond motifs is 1. The summed E-state index contributed by atoms with van der Waals surface area (Å²) in [6.07, 6.45) is 0. The zero-order valence-corrected chi connectivity index (χ0v) is 9.36. The Hall–Kier alpha value is -1.95. The average Bonchev–Trinajstić information content (AvgIpc) is 2.65. The summed E-state index contributed by atoms with van der Waals surface area (Å²) >= 11 is 0. The standard InChI is InChI=1S/C13H13NO2/c1-9(2)12-13(15-8-7-14)10-5-3-4-6-11(10)16-12/h3-6,9H,8H2,1-2H3. The normalized spacial score (nSPS) is 10.6. The molecule has 0 fully saturated rings. The number of nitriles is 1. The molecule has 1 aromatic heterocycles. The first-order valence-corrected chi connectivity index (χ1v) is 5.25. The van der Waals surface area contributed by atoms with E-state index in [1.807, 2.05) is 44.2 Å².